The molecule has 0 saturated heterocycles. The molecule has 8 atom stereocenters. The van der Waals surface area contributed by atoms with Gasteiger partial charge in [0.15, 0.2) is 29.5 Å². The first kappa shape index (κ1) is 34.8. The fourth-order valence-electron chi connectivity index (χ4n) is 7.60. The molecule has 1 aromatic rings. The molecule has 2 bridgehead atoms. The second kappa shape index (κ2) is 13.2. The number of methoxy groups -OCH3 is 1. The van der Waals surface area contributed by atoms with Gasteiger partial charge in [0, 0.05) is 12.0 Å². The van der Waals surface area contributed by atoms with Gasteiger partial charge in [-0.1, -0.05) is 12.5 Å². The van der Waals surface area contributed by atoms with Gasteiger partial charge in [-0.25, -0.2) is 9.59 Å². The van der Waals surface area contributed by atoms with E-state index in [4.69, 9.17) is 29.2 Å². The van der Waals surface area contributed by atoms with E-state index in [9.17, 15) is 39.0 Å². The molecule has 3 aliphatic carbocycles. The van der Waals surface area contributed by atoms with Crippen molar-refractivity contribution < 1.29 is 72.9 Å². The van der Waals surface area contributed by atoms with Crippen LogP contribution in [0, 0.1) is 11.8 Å². The number of hydrogen-bond donors (Lipinski definition) is 4. The van der Waals surface area contributed by atoms with Gasteiger partial charge in [-0.15, -0.1) is 0 Å². The molecule has 0 radical (unpaired) electrons. The fourth-order valence-corrected chi connectivity index (χ4v) is 7.60. The number of benzene rings is 1. The Kier molecular flexibility index (Phi) is 9.57. The number of aliphatic hydroxyl groups excluding tert-OH is 1. The van der Waals surface area contributed by atoms with Crippen LogP contribution in [-0.2, 0) is 54.8 Å². The minimum absolute atomic E-state index is 0.0492. The number of ether oxygens (including phenoxy) is 5. The lowest BCUT2D eigenvalue weighted by atomic mass is 9.47. The highest BCUT2D eigenvalue weighted by Gasteiger charge is 2.71. The molecule has 0 aromatic heterocycles. The molecule has 48 heavy (non-hydrogen) atoms. The van der Waals surface area contributed by atoms with Crippen LogP contribution in [0.5, 0.6) is 11.5 Å². The van der Waals surface area contributed by atoms with E-state index in [-0.39, 0.29) is 18.1 Å². The number of aliphatic hydroxyl groups is 2. The maximum Gasteiger partial charge on any atom is 0.348 e. The standard InChI is InChI=1S/C33H38O15/c1-15(34)20(35)12-18(31(42)45-16(2)30(41)47-23(29(39)40)14-24(36)37)13-25(38)46-22-8-10-33(43)19-5-4-9-32(33)26-17(11-19)6-7-21(44-3)27(26)48-28(22)32/h6-8,15-16,18-19,23,28,34,43H,4-5,9-14H2,1-3H3,(H,36,37)(H,39,40)/t15-,16-,18-,19-,23+,28+,32+,33-/m0/s1. The summed E-state index contributed by atoms with van der Waals surface area (Å²) in [4.78, 5) is 73.6. The predicted octanol–water partition coefficient (Wildman–Crippen LogP) is 1.36. The summed E-state index contributed by atoms with van der Waals surface area (Å²) in [7, 11) is 1.51. The largest absolute Gasteiger partial charge is 0.493 e. The SMILES string of the molecule is COc1ccc2c3c1O[C@@H]1C(OC(=O)C[C@H](CC(=O)[C@H](C)O)C(=O)O[C@@H](C)C(=O)O[C@H](CC(=O)O)C(=O)O)=CC[C@]4(O)[C@@H](CCC[C@@]314)C2. The third kappa shape index (κ3) is 6.00. The molecule has 1 heterocycles. The molecule has 1 aromatic carbocycles. The van der Waals surface area contributed by atoms with Crippen LogP contribution < -0.4 is 9.47 Å². The van der Waals surface area contributed by atoms with Crippen LogP contribution in [0.2, 0.25) is 0 Å². The minimum atomic E-state index is -2.05. The zero-order chi connectivity index (χ0) is 35.1. The van der Waals surface area contributed by atoms with Crippen LogP contribution in [-0.4, -0.2) is 93.2 Å². The molecule has 15 nitrogen and oxygen atoms in total. The monoisotopic (exact) mass is 674 g/mol. The molecule has 1 spiro atoms. The number of carboxylic acids is 2. The first-order valence-electron chi connectivity index (χ1n) is 15.7. The highest BCUT2D eigenvalue weighted by Crippen LogP contribution is 2.67. The van der Waals surface area contributed by atoms with E-state index in [1.165, 1.54) is 14.0 Å². The molecule has 1 aliphatic heterocycles. The Balaban J connectivity index is 1.34. The average Bonchev–Trinajstić information content (AvgIpc) is 3.36. The Morgan fingerprint density at radius 2 is 1.75 bits per heavy atom. The average molecular weight is 675 g/mol. The smallest absolute Gasteiger partial charge is 0.348 e. The summed E-state index contributed by atoms with van der Waals surface area (Å²) in [6.45, 7) is 2.21. The second-order valence-corrected chi connectivity index (χ2v) is 12.8. The molecule has 1 saturated carbocycles. The van der Waals surface area contributed by atoms with Crippen molar-refractivity contribution in [1.82, 2.24) is 0 Å². The number of rotatable bonds is 14. The second-order valence-electron chi connectivity index (χ2n) is 12.8. The van der Waals surface area contributed by atoms with Gasteiger partial charge in [0.2, 0.25) is 6.10 Å². The van der Waals surface area contributed by atoms with Crippen LogP contribution in [0.4, 0.5) is 0 Å². The molecule has 0 amide bonds. The van der Waals surface area contributed by atoms with Crippen molar-refractivity contribution in [3.8, 4) is 11.5 Å². The Morgan fingerprint density at radius 3 is 2.40 bits per heavy atom. The van der Waals surface area contributed by atoms with Crippen molar-refractivity contribution in [2.24, 2.45) is 11.8 Å². The van der Waals surface area contributed by atoms with Gasteiger partial charge in [0.1, 0.15) is 11.9 Å². The first-order valence-corrected chi connectivity index (χ1v) is 15.7. The summed E-state index contributed by atoms with van der Waals surface area (Å²) in [6, 6.07) is 3.77. The van der Waals surface area contributed by atoms with Crippen molar-refractivity contribution >= 4 is 35.6 Å². The van der Waals surface area contributed by atoms with E-state index in [0.717, 1.165) is 30.9 Å². The van der Waals surface area contributed by atoms with Crippen LogP contribution in [0.25, 0.3) is 0 Å². The van der Waals surface area contributed by atoms with E-state index in [1.54, 1.807) is 12.1 Å². The highest BCUT2D eigenvalue weighted by molar-refractivity contribution is 5.90. The predicted molar refractivity (Wildman–Crippen MR) is 159 cm³/mol. The van der Waals surface area contributed by atoms with E-state index < -0.39 is 96.2 Å². The summed E-state index contributed by atoms with van der Waals surface area (Å²) >= 11 is 0. The molecule has 260 valence electrons. The van der Waals surface area contributed by atoms with Crippen molar-refractivity contribution in [2.45, 2.75) is 101 Å². The van der Waals surface area contributed by atoms with Crippen LogP contribution >= 0.6 is 0 Å². The Morgan fingerprint density at radius 1 is 1.02 bits per heavy atom. The van der Waals surface area contributed by atoms with Crippen molar-refractivity contribution in [1.29, 1.82) is 0 Å². The van der Waals surface area contributed by atoms with E-state index >= 15 is 0 Å². The van der Waals surface area contributed by atoms with Gasteiger partial charge >= 0.3 is 29.8 Å². The molecule has 1 fully saturated rings. The Labute approximate surface area is 274 Å². The normalized spacial score (nSPS) is 27.1. The lowest BCUT2D eigenvalue weighted by Gasteiger charge is -2.59. The number of hydrogen-bond acceptors (Lipinski definition) is 13. The van der Waals surface area contributed by atoms with Crippen LogP contribution in [0.15, 0.2) is 24.0 Å². The number of carboxylic acid groups (broad SMARTS) is 2. The molecule has 15 heteroatoms. The Bertz CT molecular complexity index is 1560. The third-order valence-electron chi connectivity index (χ3n) is 9.88. The van der Waals surface area contributed by atoms with Crippen LogP contribution in [0.3, 0.4) is 0 Å². The zero-order valence-electron chi connectivity index (χ0n) is 26.6. The molecule has 5 rings (SSSR count). The van der Waals surface area contributed by atoms with Crippen molar-refractivity contribution in [3.05, 3.63) is 35.1 Å². The lowest BCUT2D eigenvalue weighted by Crippen LogP contribution is -2.67. The molecule has 4 aliphatic rings. The molecular weight excluding hydrogens is 636 g/mol. The van der Waals surface area contributed by atoms with Gasteiger partial charge in [0.25, 0.3) is 0 Å². The van der Waals surface area contributed by atoms with Gasteiger partial charge in [-0.05, 0) is 63.2 Å². The van der Waals surface area contributed by atoms with Crippen molar-refractivity contribution in [3.63, 3.8) is 0 Å². The van der Waals surface area contributed by atoms with Crippen molar-refractivity contribution in [2.75, 3.05) is 7.11 Å². The van der Waals surface area contributed by atoms with E-state index in [1.807, 2.05) is 6.07 Å². The number of esters is 3. The summed E-state index contributed by atoms with van der Waals surface area (Å²) < 4.78 is 27.6. The third-order valence-corrected chi connectivity index (χ3v) is 9.88. The summed E-state index contributed by atoms with van der Waals surface area (Å²) in [5, 5.41) is 40.0. The van der Waals surface area contributed by atoms with Crippen LogP contribution in [0.1, 0.15) is 69.9 Å². The highest BCUT2D eigenvalue weighted by atomic mass is 16.6. The quantitative estimate of drug-likeness (QED) is 0.161. The minimum Gasteiger partial charge on any atom is -0.493 e. The maximum atomic E-state index is 13.4. The van der Waals surface area contributed by atoms with Gasteiger partial charge in [0.05, 0.1) is 36.9 Å². The molecule has 0 unspecified atom stereocenters. The maximum absolute atomic E-state index is 13.4. The van der Waals surface area contributed by atoms with Gasteiger partial charge in [-0.2, -0.15) is 0 Å². The molecular formula is C33H38O15. The summed E-state index contributed by atoms with van der Waals surface area (Å²) in [6.07, 6.45) is -3.98. The van der Waals surface area contributed by atoms with E-state index in [2.05, 4.69) is 4.74 Å². The summed E-state index contributed by atoms with van der Waals surface area (Å²) in [5.41, 5.74) is -0.213. The first-order chi connectivity index (χ1) is 22.6. The number of ketones is 1. The van der Waals surface area contributed by atoms with Gasteiger partial charge in [-0.3, -0.25) is 19.2 Å². The number of carbonyl (C=O) groups is 6. The number of Topliss-reactive ketones (excluding diaryl/α,β-unsaturated/α-hetero) is 1. The molecule has 4 N–H and O–H groups in total. The number of carbonyl (C=O) groups excluding carboxylic acids is 4. The summed E-state index contributed by atoms with van der Waals surface area (Å²) in [5.74, 6) is -8.15. The van der Waals surface area contributed by atoms with E-state index in [0.29, 0.717) is 24.3 Å². The Hall–Kier alpha value is -4.50. The van der Waals surface area contributed by atoms with Gasteiger partial charge < -0.3 is 44.1 Å². The number of aliphatic carboxylic acids is 2. The topological polar surface area (TPSA) is 229 Å². The lowest BCUT2D eigenvalue weighted by molar-refractivity contribution is -0.179. The zero-order valence-corrected chi connectivity index (χ0v) is 26.6. The fraction of sp³-hybridized carbons (Fsp3) is 0.576.